The van der Waals surface area contributed by atoms with Gasteiger partial charge in [0, 0.05) is 34.6 Å². The van der Waals surface area contributed by atoms with Crippen LogP contribution >= 0.6 is 11.6 Å². The van der Waals surface area contributed by atoms with Crippen molar-refractivity contribution in [1.82, 2.24) is 10.3 Å². The number of amides is 2. The zero-order valence-corrected chi connectivity index (χ0v) is 23.6. The average molecular weight is 603 g/mol. The fourth-order valence-corrected chi connectivity index (χ4v) is 7.45. The van der Waals surface area contributed by atoms with Crippen LogP contribution in [0.25, 0.3) is 0 Å². The van der Waals surface area contributed by atoms with E-state index in [2.05, 4.69) is 10.3 Å². The van der Waals surface area contributed by atoms with Crippen LogP contribution in [-0.2, 0) is 19.6 Å². The highest BCUT2D eigenvalue weighted by atomic mass is 35.5. The number of halogens is 3. The second-order valence-corrected chi connectivity index (χ2v) is 12.6. The number of pyridine rings is 1. The minimum absolute atomic E-state index is 0.0372. The smallest absolute Gasteiger partial charge is 0.252 e. The molecule has 1 unspecified atom stereocenters. The molecule has 0 radical (unpaired) electrons. The normalized spacial score (nSPS) is 19.5. The summed E-state index contributed by atoms with van der Waals surface area (Å²) < 4.78 is 55.7. The molecule has 2 amide bonds. The van der Waals surface area contributed by atoms with Gasteiger partial charge in [0.25, 0.3) is 5.91 Å². The van der Waals surface area contributed by atoms with Gasteiger partial charge in [-0.3, -0.25) is 14.5 Å². The van der Waals surface area contributed by atoms with Crippen molar-refractivity contribution in [2.75, 3.05) is 15.0 Å². The number of carbonyl (C=O) groups is 2. The Bertz CT molecular complexity index is 1550. The van der Waals surface area contributed by atoms with E-state index in [0.29, 0.717) is 0 Å². The van der Waals surface area contributed by atoms with Crippen molar-refractivity contribution in [3.05, 3.63) is 89.1 Å². The first kappa shape index (κ1) is 28.9. The van der Waals surface area contributed by atoms with Gasteiger partial charge in [0.2, 0.25) is 15.9 Å². The highest BCUT2D eigenvalue weighted by molar-refractivity contribution is 7.93. The van der Waals surface area contributed by atoms with Crippen molar-refractivity contribution in [2.24, 2.45) is 0 Å². The van der Waals surface area contributed by atoms with Crippen LogP contribution in [0.3, 0.4) is 0 Å². The standard InChI is InChI=1S/C29H29ClF2N4O4S/c30-24-12-5-4-11-23(24)27(28(37)34-21-8-2-1-3-9-21)35(22-10-6-7-19(31)17-22)29(38)25-14-16-41(39,40)36(25)26-18-20(32)13-15-33-26/h4-7,10-13,15,17-18,21,25,27H,1-3,8-9,14,16H2,(H,34,37)/t25?,27-/m1/s1. The summed E-state index contributed by atoms with van der Waals surface area (Å²) >= 11 is 6.57. The zero-order chi connectivity index (χ0) is 29.1. The topological polar surface area (TPSA) is 99.7 Å². The summed E-state index contributed by atoms with van der Waals surface area (Å²) in [6.07, 6.45) is 5.46. The maximum atomic E-state index is 14.6. The molecule has 2 aromatic carbocycles. The summed E-state index contributed by atoms with van der Waals surface area (Å²) in [6, 6.07) is 10.8. The summed E-state index contributed by atoms with van der Waals surface area (Å²) in [6.45, 7) is 0. The molecule has 1 saturated heterocycles. The lowest BCUT2D eigenvalue weighted by Gasteiger charge is -2.36. The molecule has 0 spiro atoms. The molecule has 216 valence electrons. The minimum Gasteiger partial charge on any atom is -0.351 e. The number of nitrogens with one attached hydrogen (secondary N) is 1. The maximum absolute atomic E-state index is 14.6. The number of hydrogen-bond acceptors (Lipinski definition) is 5. The molecule has 1 aliphatic carbocycles. The average Bonchev–Trinajstić information content (AvgIpc) is 3.27. The summed E-state index contributed by atoms with van der Waals surface area (Å²) in [4.78, 5) is 33.6. The first-order valence-electron chi connectivity index (χ1n) is 13.4. The molecule has 1 aliphatic heterocycles. The van der Waals surface area contributed by atoms with Crippen molar-refractivity contribution >= 4 is 44.9 Å². The van der Waals surface area contributed by atoms with E-state index in [0.717, 1.165) is 65.7 Å². The lowest BCUT2D eigenvalue weighted by Crippen LogP contribution is -2.53. The molecule has 1 N–H and O–H groups in total. The van der Waals surface area contributed by atoms with Crippen LogP contribution in [-0.4, -0.2) is 43.1 Å². The van der Waals surface area contributed by atoms with E-state index in [1.165, 1.54) is 18.2 Å². The third-order valence-electron chi connectivity index (χ3n) is 7.43. The highest BCUT2D eigenvalue weighted by Gasteiger charge is 2.47. The van der Waals surface area contributed by atoms with E-state index in [-0.39, 0.29) is 34.6 Å². The fourth-order valence-electron chi connectivity index (χ4n) is 5.52. The highest BCUT2D eigenvalue weighted by Crippen LogP contribution is 2.37. The van der Waals surface area contributed by atoms with Crippen molar-refractivity contribution in [3.63, 3.8) is 0 Å². The molecule has 1 aromatic heterocycles. The zero-order valence-electron chi connectivity index (χ0n) is 22.0. The summed E-state index contributed by atoms with van der Waals surface area (Å²) in [5, 5.41) is 3.24. The van der Waals surface area contributed by atoms with Crippen LogP contribution in [0.2, 0.25) is 5.02 Å². The molecule has 8 nitrogen and oxygen atoms in total. The van der Waals surface area contributed by atoms with E-state index in [9.17, 15) is 26.8 Å². The Morgan fingerprint density at radius 1 is 0.976 bits per heavy atom. The van der Waals surface area contributed by atoms with Gasteiger partial charge in [-0.2, -0.15) is 0 Å². The molecule has 2 heterocycles. The number of carbonyl (C=O) groups excluding carboxylic acids is 2. The number of sulfonamides is 1. The Balaban J connectivity index is 1.64. The number of anilines is 2. The van der Waals surface area contributed by atoms with Crippen molar-refractivity contribution in [2.45, 2.75) is 56.7 Å². The lowest BCUT2D eigenvalue weighted by atomic mass is 9.94. The van der Waals surface area contributed by atoms with Crippen LogP contribution in [0.15, 0.2) is 66.9 Å². The van der Waals surface area contributed by atoms with Gasteiger partial charge in [-0.1, -0.05) is 55.1 Å². The fraction of sp³-hybridized carbons (Fsp3) is 0.345. The van der Waals surface area contributed by atoms with Gasteiger partial charge >= 0.3 is 0 Å². The number of hydrogen-bond donors (Lipinski definition) is 1. The second-order valence-electron chi connectivity index (χ2n) is 10.2. The van der Waals surface area contributed by atoms with E-state index in [4.69, 9.17) is 11.6 Å². The van der Waals surface area contributed by atoms with E-state index >= 15 is 0 Å². The minimum atomic E-state index is -4.06. The van der Waals surface area contributed by atoms with E-state index in [1.54, 1.807) is 24.3 Å². The van der Waals surface area contributed by atoms with Crippen molar-refractivity contribution < 1.29 is 26.8 Å². The van der Waals surface area contributed by atoms with Gasteiger partial charge < -0.3 is 5.32 Å². The third-order valence-corrected chi connectivity index (χ3v) is 9.57. The lowest BCUT2D eigenvalue weighted by molar-refractivity contribution is -0.127. The number of benzene rings is 2. The van der Waals surface area contributed by atoms with E-state index in [1.807, 2.05) is 0 Å². The van der Waals surface area contributed by atoms with Crippen LogP contribution in [0, 0.1) is 11.6 Å². The summed E-state index contributed by atoms with van der Waals surface area (Å²) in [7, 11) is -4.06. The molecule has 3 aromatic rings. The van der Waals surface area contributed by atoms with Gasteiger partial charge in [0.15, 0.2) is 0 Å². The molecule has 41 heavy (non-hydrogen) atoms. The summed E-state index contributed by atoms with van der Waals surface area (Å²) in [5.74, 6) is -3.38. The predicted octanol–water partition coefficient (Wildman–Crippen LogP) is 5.15. The predicted molar refractivity (Wildman–Crippen MR) is 152 cm³/mol. The van der Waals surface area contributed by atoms with Gasteiger partial charge in [0.1, 0.15) is 29.5 Å². The van der Waals surface area contributed by atoms with Crippen LogP contribution in [0.5, 0.6) is 0 Å². The number of aromatic nitrogens is 1. The van der Waals surface area contributed by atoms with Gasteiger partial charge in [0.05, 0.1) is 5.75 Å². The maximum Gasteiger partial charge on any atom is 0.252 e. The van der Waals surface area contributed by atoms with Gasteiger partial charge in [-0.25, -0.2) is 26.5 Å². The molecular weight excluding hydrogens is 574 g/mol. The third kappa shape index (κ3) is 6.20. The Morgan fingerprint density at radius 2 is 1.71 bits per heavy atom. The molecule has 1 saturated carbocycles. The van der Waals surface area contributed by atoms with E-state index < -0.39 is 51.3 Å². The Labute approximate surface area is 242 Å². The molecule has 12 heteroatoms. The van der Waals surface area contributed by atoms with Crippen LogP contribution in [0.4, 0.5) is 20.3 Å². The Hall–Kier alpha value is -3.57. The first-order chi connectivity index (χ1) is 19.7. The monoisotopic (exact) mass is 602 g/mol. The Kier molecular flexibility index (Phi) is 8.55. The van der Waals surface area contributed by atoms with Crippen LogP contribution in [0.1, 0.15) is 50.1 Å². The van der Waals surface area contributed by atoms with Crippen LogP contribution < -0.4 is 14.5 Å². The number of nitrogens with zero attached hydrogens (tertiary/aromatic N) is 3. The van der Waals surface area contributed by atoms with Gasteiger partial charge in [-0.05, 0) is 49.6 Å². The number of rotatable bonds is 7. The Morgan fingerprint density at radius 3 is 2.41 bits per heavy atom. The second kappa shape index (κ2) is 12.1. The molecule has 2 fully saturated rings. The van der Waals surface area contributed by atoms with Gasteiger partial charge in [-0.15, -0.1) is 0 Å². The molecular formula is C29H29ClF2N4O4S. The molecule has 5 rings (SSSR count). The van der Waals surface area contributed by atoms with Crippen molar-refractivity contribution in [1.29, 1.82) is 0 Å². The SMILES string of the molecule is O=C(NC1CCCCC1)[C@@H](c1ccccc1Cl)N(C(=O)C1CCS(=O)(=O)N1c1cc(F)ccn1)c1cccc(F)c1. The first-order valence-corrected chi connectivity index (χ1v) is 15.4. The molecule has 2 atom stereocenters. The largest absolute Gasteiger partial charge is 0.351 e. The quantitative estimate of drug-likeness (QED) is 0.403. The van der Waals surface area contributed by atoms with Crippen molar-refractivity contribution in [3.8, 4) is 0 Å². The molecule has 2 aliphatic rings. The summed E-state index contributed by atoms with van der Waals surface area (Å²) in [5.41, 5.74) is 0.325. The molecule has 0 bridgehead atoms.